The summed E-state index contributed by atoms with van der Waals surface area (Å²) in [6.07, 6.45) is 1.49. The molecule has 124 valence electrons. The number of rotatable bonds is 6. The quantitative estimate of drug-likeness (QED) is 0.564. The van der Waals surface area contributed by atoms with E-state index in [-0.39, 0.29) is 6.04 Å². The fraction of sp³-hybridized carbons (Fsp3) is 0.111. The molecule has 25 heavy (non-hydrogen) atoms. The number of aromatic amines is 1. The summed E-state index contributed by atoms with van der Waals surface area (Å²) in [5, 5.41) is 14.3. The zero-order valence-electron chi connectivity index (χ0n) is 13.3. The summed E-state index contributed by atoms with van der Waals surface area (Å²) < 4.78 is 5.35. The Morgan fingerprint density at radius 3 is 2.48 bits per heavy atom. The Hall–Kier alpha value is -3.32. The molecular formula is C18H16N6O. The first-order valence-electron chi connectivity index (χ1n) is 7.92. The molecule has 2 aromatic carbocycles. The van der Waals surface area contributed by atoms with E-state index in [2.05, 4.69) is 30.6 Å². The van der Waals surface area contributed by atoms with Crippen LogP contribution in [0.3, 0.4) is 0 Å². The van der Waals surface area contributed by atoms with Crippen molar-refractivity contribution >= 4 is 0 Å². The van der Waals surface area contributed by atoms with E-state index in [1.807, 2.05) is 60.7 Å². The largest absolute Gasteiger partial charge is 0.338 e. The van der Waals surface area contributed by atoms with E-state index in [1.165, 1.54) is 6.33 Å². The van der Waals surface area contributed by atoms with Crippen LogP contribution in [0.2, 0.25) is 0 Å². The number of hydrogen-bond acceptors (Lipinski definition) is 6. The average molecular weight is 332 g/mol. The highest BCUT2D eigenvalue weighted by Crippen LogP contribution is 2.19. The van der Waals surface area contributed by atoms with Gasteiger partial charge in [0.15, 0.2) is 0 Å². The summed E-state index contributed by atoms with van der Waals surface area (Å²) in [6.45, 7) is 0.417. The molecule has 0 spiro atoms. The van der Waals surface area contributed by atoms with Crippen LogP contribution in [-0.4, -0.2) is 25.3 Å². The second kappa shape index (κ2) is 7.06. The number of aromatic nitrogens is 5. The maximum atomic E-state index is 5.35. The molecule has 0 bridgehead atoms. The lowest BCUT2D eigenvalue weighted by molar-refractivity contribution is 0.361. The Balaban J connectivity index is 1.51. The Morgan fingerprint density at radius 1 is 1.00 bits per heavy atom. The van der Waals surface area contributed by atoms with Crippen molar-refractivity contribution in [3.8, 4) is 11.4 Å². The van der Waals surface area contributed by atoms with E-state index in [4.69, 9.17) is 4.52 Å². The van der Waals surface area contributed by atoms with Crippen molar-refractivity contribution in [1.29, 1.82) is 0 Å². The van der Waals surface area contributed by atoms with Crippen molar-refractivity contribution in [2.24, 2.45) is 0 Å². The molecule has 4 aromatic rings. The summed E-state index contributed by atoms with van der Waals surface area (Å²) in [5.74, 6) is 1.82. The Bertz CT molecular complexity index is 905. The van der Waals surface area contributed by atoms with Crippen LogP contribution in [0.4, 0.5) is 0 Å². The first-order chi connectivity index (χ1) is 12.4. The Kier molecular flexibility index (Phi) is 4.30. The lowest BCUT2D eigenvalue weighted by atomic mass is 10.1. The molecule has 7 heteroatoms. The minimum Gasteiger partial charge on any atom is -0.338 e. The highest BCUT2D eigenvalue weighted by atomic mass is 16.5. The topological polar surface area (TPSA) is 92.5 Å². The molecule has 0 aliphatic rings. The van der Waals surface area contributed by atoms with Crippen LogP contribution in [-0.2, 0) is 6.54 Å². The monoisotopic (exact) mass is 332 g/mol. The zero-order chi connectivity index (χ0) is 16.9. The molecule has 0 saturated heterocycles. The molecule has 2 heterocycles. The van der Waals surface area contributed by atoms with E-state index < -0.39 is 0 Å². The molecule has 0 radical (unpaired) electrons. The molecule has 7 nitrogen and oxygen atoms in total. The van der Waals surface area contributed by atoms with Gasteiger partial charge in [-0.2, -0.15) is 10.1 Å². The van der Waals surface area contributed by atoms with Crippen LogP contribution < -0.4 is 5.32 Å². The van der Waals surface area contributed by atoms with Crippen LogP contribution in [0.25, 0.3) is 11.4 Å². The van der Waals surface area contributed by atoms with Crippen molar-refractivity contribution in [3.05, 3.63) is 84.3 Å². The molecule has 0 aliphatic carbocycles. The van der Waals surface area contributed by atoms with E-state index >= 15 is 0 Å². The fourth-order valence-electron chi connectivity index (χ4n) is 2.59. The molecule has 0 fully saturated rings. The first-order valence-corrected chi connectivity index (χ1v) is 7.92. The van der Waals surface area contributed by atoms with Gasteiger partial charge in [-0.05, 0) is 5.56 Å². The second-order valence-corrected chi connectivity index (χ2v) is 5.47. The minimum absolute atomic E-state index is 0.143. The van der Waals surface area contributed by atoms with E-state index in [0.29, 0.717) is 18.3 Å². The van der Waals surface area contributed by atoms with Gasteiger partial charge in [-0.15, -0.1) is 0 Å². The number of hydrogen-bond donors (Lipinski definition) is 2. The van der Waals surface area contributed by atoms with Gasteiger partial charge < -0.3 is 4.52 Å². The van der Waals surface area contributed by atoms with Crippen LogP contribution in [0.5, 0.6) is 0 Å². The third kappa shape index (κ3) is 3.46. The second-order valence-electron chi connectivity index (χ2n) is 5.47. The Labute approximate surface area is 144 Å². The van der Waals surface area contributed by atoms with E-state index in [9.17, 15) is 0 Å². The smallest absolute Gasteiger partial charge is 0.240 e. The van der Waals surface area contributed by atoms with Crippen molar-refractivity contribution in [2.45, 2.75) is 12.6 Å². The van der Waals surface area contributed by atoms with Gasteiger partial charge in [-0.25, -0.2) is 4.98 Å². The van der Waals surface area contributed by atoms with Gasteiger partial charge in [-0.1, -0.05) is 65.8 Å². The number of nitrogens with zero attached hydrogens (tertiary/aromatic N) is 4. The van der Waals surface area contributed by atoms with Crippen LogP contribution in [0.15, 0.2) is 71.5 Å². The molecular weight excluding hydrogens is 316 g/mol. The molecule has 1 atom stereocenters. The van der Waals surface area contributed by atoms with Crippen LogP contribution >= 0.6 is 0 Å². The molecule has 0 saturated carbocycles. The predicted molar refractivity (Wildman–Crippen MR) is 91.2 cm³/mol. The van der Waals surface area contributed by atoms with Gasteiger partial charge in [0, 0.05) is 5.56 Å². The summed E-state index contributed by atoms with van der Waals surface area (Å²) in [5.41, 5.74) is 1.99. The first kappa shape index (κ1) is 15.2. The highest BCUT2D eigenvalue weighted by molar-refractivity contribution is 5.53. The van der Waals surface area contributed by atoms with Crippen LogP contribution in [0, 0.1) is 0 Å². The summed E-state index contributed by atoms with van der Waals surface area (Å²) in [7, 11) is 0. The van der Waals surface area contributed by atoms with Gasteiger partial charge in [0.05, 0.1) is 12.6 Å². The maximum Gasteiger partial charge on any atom is 0.240 e. The van der Waals surface area contributed by atoms with Gasteiger partial charge in [-0.3, -0.25) is 10.4 Å². The minimum atomic E-state index is -0.143. The normalized spacial score (nSPS) is 12.2. The van der Waals surface area contributed by atoms with Crippen molar-refractivity contribution in [2.75, 3.05) is 0 Å². The van der Waals surface area contributed by atoms with Crippen molar-refractivity contribution in [3.63, 3.8) is 0 Å². The third-order valence-electron chi connectivity index (χ3n) is 3.80. The zero-order valence-corrected chi connectivity index (χ0v) is 13.3. The van der Waals surface area contributed by atoms with Crippen LogP contribution in [0.1, 0.15) is 23.3 Å². The lowest BCUT2D eigenvalue weighted by Crippen LogP contribution is -2.23. The maximum absolute atomic E-state index is 5.35. The summed E-state index contributed by atoms with van der Waals surface area (Å²) >= 11 is 0. The summed E-state index contributed by atoms with van der Waals surface area (Å²) in [6, 6.07) is 19.6. The summed E-state index contributed by atoms with van der Waals surface area (Å²) in [4.78, 5) is 8.70. The molecule has 0 aliphatic heterocycles. The highest BCUT2D eigenvalue weighted by Gasteiger charge is 2.18. The average Bonchev–Trinajstić information content (AvgIpc) is 3.36. The number of benzene rings is 2. The van der Waals surface area contributed by atoms with Gasteiger partial charge >= 0.3 is 0 Å². The fourth-order valence-corrected chi connectivity index (χ4v) is 2.59. The number of nitrogens with one attached hydrogen (secondary N) is 2. The molecule has 4 rings (SSSR count). The SMILES string of the molecule is c1ccc(-c2noc(CNC(c3ccccc3)c3ncn[nH]3)n2)cc1. The molecule has 2 N–H and O–H groups in total. The third-order valence-corrected chi connectivity index (χ3v) is 3.80. The van der Waals surface area contributed by atoms with E-state index in [1.54, 1.807) is 0 Å². The molecule has 0 amide bonds. The number of H-pyrrole nitrogens is 1. The lowest BCUT2D eigenvalue weighted by Gasteiger charge is -2.15. The van der Waals surface area contributed by atoms with Gasteiger partial charge in [0.25, 0.3) is 0 Å². The molecule has 1 unspecified atom stereocenters. The van der Waals surface area contributed by atoms with Crippen molar-refractivity contribution < 1.29 is 4.52 Å². The predicted octanol–water partition coefficient (Wildman–Crippen LogP) is 2.73. The van der Waals surface area contributed by atoms with E-state index in [0.717, 1.165) is 17.0 Å². The molecule has 2 aromatic heterocycles. The standard InChI is InChI=1S/C18H16N6O/c1-3-7-13(8-4-1)16(18-20-12-21-23-18)19-11-15-22-17(24-25-15)14-9-5-2-6-10-14/h1-10,12,16,19H,11H2,(H,20,21,23). The Morgan fingerprint density at radius 2 is 1.76 bits per heavy atom. The van der Waals surface area contributed by atoms with Gasteiger partial charge in [0.1, 0.15) is 12.2 Å². The van der Waals surface area contributed by atoms with Gasteiger partial charge in [0.2, 0.25) is 11.7 Å². The van der Waals surface area contributed by atoms with Crippen molar-refractivity contribution in [1.82, 2.24) is 30.6 Å².